The number of halogens is 1. The van der Waals surface area contributed by atoms with Crippen LogP contribution in [0.3, 0.4) is 0 Å². The van der Waals surface area contributed by atoms with Crippen molar-refractivity contribution in [2.45, 2.75) is 6.54 Å². The Hall–Kier alpha value is -2.40. The van der Waals surface area contributed by atoms with Crippen LogP contribution in [-0.2, 0) is 6.54 Å². The lowest BCUT2D eigenvalue weighted by molar-refractivity contribution is 0.741. The predicted molar refractivity (Wildman–Crippen MR) is 88.3 cm³/mol. The first-order valence-electron chi connectivity index (χ1n) is 7.16. The minimum absolute atomic E-state index is 0.590. The SMILES string of the molecule is Clc1cccc2c(-c3ccccn3)nn(CC3=NCCN3)c12. The van der Waals surface area contributed by atoms with Gasteiger partial charge in [-0.25, -0.2) is 0 Å². The molecule has 22 heavy (non-hydrogen) atoms. The second-order valence-corrected chi connectivity index (χ2v) is 5.52. The number of hydrogen-bond donors (Lipinski definition) is 1. The fourth-order valence-corrected chi connectivity index (χ4v) is 2.97. The summed E-state index contributed by atoms with van der Waals surface area (Å²) in [5.74, 6) is 0.942. The van der Waals surface area contributed by atoms with Gasteiger partial charge in [0.25, 0.3) is 0 Å². The fraction of sp³-hybridized carbons (Fsp3) is 0.188. The largest absolute Gasteiger partial charge is 0.370 e. The van der Waals surface area contributed by atoms with E-state index < -0.39 is 0 Å². The van der Waals surface area contributed by atoms with Crippen molar-refractivity contribution in [3.05, 3.63) is 47.6 Å². The second kappa shape index (κ2) is 5.42. The molecule has 4 rings (SSSR count). The van der Waals surface area contributed by atoms with Crippen LogP contribution in [-0.4, -0.2) is 33.7 Å². The molecule has 0 amide bonds. The lowest BCUT2D eigenvalue weighted by atomic mass is 10.1. The molecule has 5 nitrogen and oxygen atoms in total. The first-order valence-corrected chi connectivity index (χ1v) is 7.54. The van der Waals surface area contributed by atoms with Gasteiger partial charge < -0.3 is 5.32 Å². The normalized spacial score (nSPS) is 14.1. The molecule has 6 heteroatoms. The van der Waals surface area contributed by atoms with Gasteiger partial charge in [-0.1, -0.05) is 29.8 Å². The molecule has 0 fully saturated rings. The summed E-state index contributed by atoms with van der Waals surface area (Å²) in [5.41, 5.74) is 2.60. The van der Waals surface area contributed by atoms with Crippen LogP contribution < -0.4 is 5.32 Å². The van der Waals surface area contributed by atoms with Gasteiger partial charge in [-0.15, -0.1) is 0 Å². The third-order valence-electron chi connectivity index (χ3n) is 3.67. The van der Waals surface area contributed by atoms with Crippen LogP contribution in [0, 0.1) is 0 Å². The zero-order valence-electron chi connectivity index (χ0n) is 11.8. The predicted octanol–water partition coefficient (Wildman–Crippen LogP) is 2.75. The van der Waals surface area contributed by atoms with Gasteiger partial charge >= 0.3 is 0 Å². The Morgan fingerprint density at radius 3 is 2.91 bits per heavy atom. The minimum atomic E-state index is 0.590. The Kier molecular flexibility index (Phi) is 3.27. The van der Waals surface area contributed by atoms with Gasteiger partial charge in [0.2, 0.25) is 0 Å². The smallest absolute Gasteiger partial charge is 0.119 e. The van der Waals surface area contributed by atoms with Crippen molar-refractivity contribution in [3.8, 4) is 11.4 Å². The summed E-state index contributed by atoms with van der Waals surface area (Å²) in [6.45, 7) is 2.29. The fourth-order valence-electron chi connectivity index (χ4n) is 2.69. The Morgan fingerprint density at radius 1 is 1.18 bits per heavy atom. The Bertz CT molecular complexity index is 854. The number of para-hydroxylation sites is 1. The van der Waals surface area contributed by atoms with Crippen LogP contribution in [0.2, 0.25) is 5.02 Å². The zero-order chi connectivity index (χ0) is 14.9. The van der Waals surface area contributed by atoms with Crippen molar-refractivity contribution in [1.82, 2.24) is 20.1 Å². The molecular formula is C16H14ClN5. The summed E-state index contributed by atoms with van der Waals surface area (Å²) in [5, 5.41) is 9.69. The van der Waals surface area contributed by atoms with Crippen LogP contribution in [0.15, 0.2) is 47.6 Å². The molecule has 0 bridgehead atoms. The molecule has 3 heterocycles. The van der Waals surface area contributed by atoms with Gasteiger partial charge in [0.15, 0.2) is 0 Å². The van der Waals surface area contributed by atoms with E-state index in [-0.39, 0.29) is 0 Å². The highest BCUT2D eigenvalue weighted by atomic mass is 35.5. The molecule has 1 N–H and O–H groups in total. The van der Waals surface area contributed by atoms with E-state index in [9.17, 15) is 0 Å². The number of amidine groups is 1. The van der Waals surface area contributed by atoms with Gasteiger partial charge in [-0.05, 0) is 18.2 Å². The van der Waals surface area contributed by atoms with Gasteiger partial charge in [-0.3, -0.25) is 14.7 Å². The molecule has 3 aromatic rings. The molecule has 1 aliphatic rings. The standard InChI is InChI=1S/C16H14ClN5/c17-12-5-3-4-11-15(13-6-1-2-7-18-13)21-22(16(11)12)10-14-19-8-9-20-14/h1-7H,8-10H2,(H,19,20). The van der Waals surface area contributed by atoms with Gasteiger partial charge in [0.1, 0.15) is 11.5 Å². The average molecular weight is 312 g/mol. The lowest BCUT2D eigenvalue weighted by Gasteiger charge is -2.05. The van der Waals surface area contributed by atoms with Crippen molar-refractivity contribution in [3.63, 3.8) is 0 Å². The molecule has 0 radical (unpaired) electrons. The van der Waals surface area contributed by atoms with E-state index in [2.05, 4.69) is 15.3 Å². The van der Waals surface area contributed by atoms with E-state index in [0.717, 1.165) is 41.2 Å². The monoisotopic (exact) mass is 311 g/mol. The van der Waals surface area contributed by atoms with Crippen molar-refractivity contribution in [2.75, 3.05) is 13.1 Å². The maximum atomic E-state index is 6.41. The number of nitrogens with one attached hydrogen (secondary N) is 1. The van der Waals surface area contributed by atoms with E-state index in [4.69, 9.17) is 16.7 Å². The molecule has 0 aliphatic carbocycles. The van der Waals surface area contributed by atoms with Crippen molar-refractivity contribution >= 4 is 28.3 Å². The maximum absolute atomic E-state index is 6.41. The van der Waals surface area contributed by atoms with Crippen molar-refractivity contribution in [1.29, 1.82) is 0 Å². The lowest BCUT2D eigenvalue weighted by Crippen LogP contribution is -2.24. The summed E-state index contributed by atoms with van der Waals surface area (Å²) in [6.07, 6.45) is 1.77. The zero-order valence-corrected chi connectivity index (χ0v) is 12.6. The van der Waals surface area contributed by atoms with E-state index in [0.29, 0.717) is 11.6 Å². The number of nitrogens with zero attached hydrogens (tertiary/aromatic N) is 4. The van der Waals surface area contributed by atoms with Gasteiger partial charge in [0, 0.05) is 18.1 Å². The van der Waals surface area contributed by atoms with Crippen molar-refractivity contribution < 1.29 is 0 Å². The quantitative estimate of drug-likeness (QED) is 0.809. The third-order valence-corrected chi connectivity index (χ3v) is 3.98. The Morgan fingerprint density at radius 2 is 2.14 bits per heavy atom. The topological polar surface area (TPSA) is 55.1 Å². The maximum Gasteiger partial charge on any atom is 0.119 e. The minimum Gasteiger partial charge on any atom is -0.370 e. The summed E-state index contributed by atoms with van der Waals surface area (Å²) < 4.78 is 1.90. The highest BCUT2D eigenvalue weighted by Gasteiger charge is 2.17. The van der Waals surface area contributed by atoms with E-state index >= 15 is 0 Å². The average Bonchev–Trinajstić information content (AvgIpc) is 3.17. The molecule has 0 saturated heterocycles. The first kappa shape index (κ1) is 13.3. The number of aliphatic imine (C=N–C) groups is 1. The summed E-state index contributed by atoms with van der Waals surface area (Å²) in [7, 11) is 0. The molecule has 0 spiro atoms. The number of benzene rings is 1. The van der Waals surface area contributed by atoms with Crippen LogP contribution in [0.5, 0.6) is 0 Å². The highest BCUT2D eigenvalue weighted by Crippen LogP contribution is 2.31. The number of rotatable bonds is 3. The summed E-state index contributed by atoms with van der Waals surface area (Å²) in [4.78, 5) is 8.84. The van der Waals surface area contributed by atoms with E-state index in [1.807, 2.05) is 41.1 Å². The van der Waals surface area contributed by atoms with Gasteiger partial charge in [0.05, 0.1) is 29.3 Å². The first-order chi connectivity index (χ1) is 10.8. The van der Waals surface area contributed by atoms with Crippen LogP contribution in [0.4, 0.5) is 0 Å². The number of hydrogen-bond acceptors (Lipinski definition) is 4. The number of fused-ring (bicyclic) bond motifs is 1. The molecule has 2 aromatic heterocycles. The molecule has 110 valence electrons. The number of aromatic nitrogens is 3. The summed E-state index contributed by atoms with van der Waals surface area (Å²) >= 11 is 6.41. The molecule has 0 saturated carbocycles. The summed E-state index contributed by atoms with van der Waals surface area (Å²) in [6, 6.07) is 11.7. The van der Waals surface area contributed by atoms with Crippen LogP contribution >= 0.6 is 11.6 Å². The third kappa shape index (κ3) is 2.23. The highest BCUT2D eigenvalue weighted by molar-refractivity contribution is 6.35. The second-order valence-electron chi connectivity index (χ2n) is 5.11. The van der Waals surface area contributed by atoms with E-state index in [1.54, 1.807) is 6.20 Å². The van der Waals surface area contributed by atoms with Crippen LogP contribution in [0.1, 0.15) is 0 Å². The molecule has 0 atom stereocenters. The van der Waals surface area contributed by atoms with Crippen molar-refractivity contribution in [2.24, 2.45) is 4.99 Å². The van der Waals surface area contributed by atoms with Crippen LogP contribution in [0.25, 0.3) is 22.3 Å². The Labute approximate surface area is 132 Å². The number of pyridine rings is 1. The van der Waals surface area contributed by atoms with Gasteiger partial charge in [-0.2, -0.15) is 5.10 Å². The van der Waals surface area contributed by atoms with E-state index in [1.165, 1.54) is 0 Å². The Balaban J connectivity index is 1.89. The molecule has 1 aliphatic heterocycles. The molecule has 0 unspecified atom stereocenters. The molecule has 1 aromatic carbocycles. The molecular weight excluding hydrogens is 298 g/mol.